The number of carbonyl (C=O) groups is 2. The molecule has 3 atom stereocenters. The highest BCUT2D eigenvalue weighted by molar-refractivity contribution is 5.75. The molecule has 0 radical (unpaired) electrons. The van der Waals surface area contributed by atoms with E-state index in [0.29, 0.717) is 17.2 Å². The summed E-state index contributed by atoms with van der Waals surface area (Å²) >= 11 is 0. The number of hydrogen-bond acceptors (Lipinski definition) is 6. The Bertz CT molecular complexity index is 1720. The van der Waals surface area contributed by atoms with Crippen LogP contribution in [-0.2, 0) is 14.3 Å². The third kappa shape index (κ3) is 7.87. The molecule has 4 aromatic rings. The minimum absolute atomic E-state index is 0.256. The average molecular weight is 696 g/mol. The maximum atomic E-state index is 14.5. The Kier molecular flexibility index (Phi) is 8.84. The van der Waals surface area contributed by atoms with Gasteiger partial charge in [-0.15, -0.1) is 0 Å². The number of aromatic amines is 2. The van der Waals surface area contributed by atoms with Gasteiger partial charge in [0, 0.05) is 48.7 Å². The zero-order chi connectivity index (χ0) is 36.2. The molecule has 1 amide bonds. The van der Waals surface area contributed by atoms with E-state index in [1.807, 2.05) is 48.5 Å². The molecule has 266 valence electrons. The third-order valence-corrected chi connectivity index (χ3v) is 8.69. The first-order valence-electron chi connectivity index (χ1n) is 16.6. The SMILES string of the molecule is CC(C)(C)OC(=O)C1CC(F)(F)C[C@H]1c1nc(-c2ccc(-c3ccc(-c4c[nH]c([C@@H]5CC(F)(F)CN5C(=O)OC(C)(C)C)n4)cc3)cc2)c[nH]1. The lowest BCUT2D eigenvalue weighted by atomic mass is 9.95. The molecule has 13 heteroatoms. The van der Waals surface area contributed by atoms with E-state index in [4.69, 9.17) is 9.47 Å². The van der Waals surface area contributed by atoms with Crippen LogP contribution in [0.3, 0.4) is 0 Å². The Hall–Kier alpha value is -4.68. The number of ether oxygens (including phenoxy) is 2. The Labute approximate surface area is 287 Å². The van der Waals surface area contributed by atoms with Gasteiger partial charge in [-0.3, -0.25) is 9.69 Å². The maximum Gasteiger partial charge on any atom is 0.411 e. The highest BCUT2D eigenvalue weighted by Crippen LogP contribution is 2.49. The molecule has 2 N–H and O–H groups in total. The lowest BCUT2D eigenvalue weighted by Crippen LogP contribution is -2.38. The fourth-order valence-electron chi connectivity index (χ4n) is 6.49. The molecule has 2 aliphatic rings. The number of halogens is 4. The number of imidazole rings is 2. The predicted molar refractivity (Wildman–Crippen MR) is 179 cm³/mol. The molecule has 50 heavy (non-hydrogen) atoms. The van der Waals surface area contributed by atoms with Gasteiger partial charge in [-0.05, 0) is 52.7 Å². The lowest BCUT2D eigenvalue weighted by molar-refractivity contribution is -0.161. The van der Waals surface area contributed by atoms with Gasteiger partial charge in [0.1, 0.15) is 22.9 Å². The minimum Gasteiger partial charge on any atom is -0.460 e. The van der Waals surface area contributed by atoms with Crippen molar-refractivity contribution in [2.45, 2.75) is 95.8 Å². The Morgan fingerprint density at radius 2 is 1.18 bits per heavy atom. The number of amides is 1. The van der Waals surface area contributed by atoms with Crippen molar-refractivity contribution < 1.29 is 36.6 Å². The first-order chi connectivity index (χ1) is 23.3. The van der Waals surface area contributed by atoms with Crippen molar-refractivity contribution in [3.8, 4) is 33.6 Å². The minimum atomic E-state index is -3.07. The highest BCUT2D eigenvalue weighted by Gasteiger charge is 2.52. The van der Waals surface area contributed by atoms with Crippen molar-refractivity contribution in [1.29, 1.82) is 0 Å². The van der Waals surface area contributed by atoms with Crippen molar-refractivity contribution in [3.63, 3.8) is 0 Å². The topological polar surface area (TPSA) is 113 Å². The van der Waals surface area contributed by atoms with E-state index < -0.39 is 78.8 Å². The zero-order valence-corrected chi connectivity index (χ0v) is 28.8. The van der Waals surface area contributed by atoms with Crippen molar-refractivity contribution in [2.24, 2.45) is 5.92 Å². The second-order valence-corrected chi connectivity index (χ2v) is 15.2. The van der Waals surface area contributed by atoms with E-state index in [1.54, 1.807) is 53.9 Å². The van der Waals surface area contributed by atoms with Crippen LogP contribution in [0.25, 0.3) is 33.6 Å². The van der Waals surface area contributed by atoms with Gasteiger partial charge in [0.2, 0.25) is 5.92 Å². The summed E-state index contributed by atoms with van der Waals surface area (Å²) in [7, 11) is 0. The summed E-state index contributed by atoms with van der Waals surface area (Å²) in [6.45, 7) is 9.42. The second kappa shape index (κ2) is 12.6. The first-order valence-corrected chi connectivity index (χ1v) is 16.6. The van der Waals surface area contributed by atoms with Crippen LogP contribution in [0.2, 0.25) is 0 Å². The van der Waals surface area contributed by atoms with Crippen LogP contribution in [0, 0.1) is 5.92 Å². The van der Waals surface area contributed by atoms with E-state index in [0.717, 1.165) is 27.2 Å². The molecule has 1 aliphatic carbocycles. The van der Waals surface area contributed by atoms with Gasteiger partial charge in [0.25, 0.3) is 5.92 Å². The Balaban J connectivity index is 1.14. The van der Waals surface area contributed by atoms with Gasteiger partial charge in [-0.25, -0.2) is 32.3 Å². The number of esters is 1. The molecule has 0 bridgehead atoms. The van der Waals surface area contributed by atoms with Crippen LogP contribution in [0.15, 0.2) is 60.9 Å². The second-order valence-electron chi connectivity index (χ2n) is 15.2. The van der Waals surface area contributed by atoms with Crippen molar-refractivity contribution in [3.05, 3.63) is 72.6 Å². The van der Waals surface area contributed by atoms with E-state index in [1.165, 1.54) is 0 Å². The van der Waals surface area contributed by atoms with Crippen LogP contribution in [-0.4, -0.2) is 66.5 Å². The number of carbonyl (C=O) groups excluding carboxylic acids is 2. The number of H-pyrrole nitrogens is 2. The van der Waals surface area contributed by atoms with E-state index in [9.17, 15) is 27.2 Å². The fraction of sp³-hybridized carbons (Fsp3) is 0.459. The molecule has 3 heterocycles. The van der Waals surface area contributed by atoms with Gasteiger partial charge < -0.3 is 19.4 Å². The van der Waals surface area contributed by atoms with Crippen LogP contribution >= 0.6 is 0 Å². The van der Waals surface area contributed by atoms with Crippen LogP contribution in [0.4, 0.5) is 22.4 Å². The summed E-state index contributed by atoms with van der Waals surface area (Å²) in [6, 6.07) is 14.2. The van der Waals surface area contributed by atoms with E-state index in [-0.39, 0.29) is 5.82 Å². The third-order valence-electron chi connectivity index (χ3n) is 8.69. The largest absolute Gasteiger partial charge is 0.460 e. The summed E-state index contributed by atoms with van der Waals surface area (Å²) in [5.41, 5.74) is 2.86. The summed E-state index contributed by atoms with van der Waals surface area (Å²) < 4.78 is 68.6. The quantitative estimate of drug-likeness (QED) is 0.154. The number of aromatic nitrogens is 4. The molecule has 1 saturated heterocycles. The number of hydrogen-bond donors (Lipinski definition) is 2. The molecule has 1 unspecified atom stereocenters. The monoisotopic (exact) mass is 695 g/mol. The number of nitrogens with zero attached hydrogens (tertiary/aromatic N) is 3. The maximum absolute atomic E-state index is 14.5. The van der Waals surface area contributed by atoms with E-state index >= 15 is 0 Å². The molecule has 1 saturated carbocycles. The molecule has 1 aliphatic heterocycles. The van der Waals surface area contributed by atoms with Crippen molar-refractivity contribution in [1.82, 2.24) is 24.8 Å². The van der Waals surface area contributed by atoms with Gasteiger partial charge in [0.15, 0.2) is 0 Å². The molecule has 6 rings (SSSR count). The van der Waals surface area contributed by atoms with Crippen molar-refractivity contribution in [2.75, 3.05) is 6.54 Å². The Morgan fingerprint density at radius 3 is 1.70 bits per heavy atom. The number of rotatable bonds is 6. The number of nitrogens with one attached hydrogen (secondary N) is 2. The lowest BCUT2D eigenvalue weighted by Gasteiger charge is -2.27. The van der Waals surface area contributed by atoms with Gasteiger partial charge in [-0.2, -0.15) is 0 Å². The zero-order valence-electron chi connectivity index (χ0n) is 28.8. The average Bonchev–Trinajstić information content (AvgIpc) is 3.80. The molecule has 2 fully saturated rings. The smallest absolute Gasteiger partial charge is 0.411 e. The fourth-order valence-corrected chi connectivity index (χ4v) is 6.49. The first kappa shape index (κ1) is 35.2. The molecular formula is C37H41F4N5O4. The summed E-state index contributed by atoms with van der Waals surface area (Å²) in [5.74, 6) is -7.92. The number of benzene rings is 2. The summed E-state index contributed by atoms with van der Waals surface area (Å²) in [5, 5.41) is 0. The van der Waals surface area contributed by atoms with E-state index in [2.05, 4.69) is 19.9 Å². The highest BCUT2D eigenvalue weighted by atomic mass is 19.3. The standard InChI is InChI=1S/C37H41F4N5O4/c1-34(2,3)49-32(47)26-16-36(38,39)15-25(26)30-42-18-27(44-30)23-11-7-21(8-12-23)22-9-13-24(14-10-22)28-19-43-31(45-28)29-17-37(40,41)20-46(29)33(48)50-35(4,5)6/h7-14,18-19,25-26,29H,15-17,20H2,1-6H3,(H,42,44)(H,43,45)/t25-,26?,29+/m1/s1. The Morgan fingerprint density at radius 1 is 0.700 bits per heavy atom. The van der Waals surface area contributed by atoms with Crippen LogP contribution in [0.1, 0.15) is 84.4 Å². The van der Waals surface area contributed by atoms with Crippen LogP contribution in [0.5, 0.6) is 0 Å². The van der Waals surface area contributed by atoms with Gasteiger partial charge in [-0.1, -0.05) is 48.5 Å². The number of likely N-dealkylation sites (tertiary alicyclic amines) is 1. The normalized spacial score (nSPS) is 21.7. The molecule has 2 aromatic carbocycles. The molecular weight excluding hydrogens is 654 g/mol. The van der Waals surface area contributed by atoms with Crippen molar-refractivity contribution >= 4 is 12.1 Å². The summed E-state index contributed by atoms with van der Waals surface area (Å²) in [6.07, 6.45) is 0.841. The van der Waals surface area contributed by atoms with Gasteiger partial charge in [0.05, 0.1) is 29.9 Å². The van der Waals surface area contributed by atoms with Crippen LogP contribution < -0.4 is 0 Å². The molecule has 0 spiro atoms. The predicted octanol–water partition coefficient (Wildman–Crippen LogP) is 8.92. The molecule has 2 aromatic heterocycles. The van der Waals surface area contributed by atoms with Gasteiger partial charge >= 0.3 is 12.1 Å². The number of alkyl halides is 4. The molecule has 9 nitrogen and oxygen atoms in total. The summed E-state index contributed by atoms with van der Waals surface area (Å²) in [4.78, 5) is 41.7.